The molecule has 1 atom stereocenters. The summed E-state index contributed by atoms with van der Waals surface area (Å²) in [5.41, 5.74) is 0.671. The predicted molar refractivity (Wildman–Crippen MR) is 91.1 cm³/mol. The predicted octanol–water partition coefficient (Wildman–Crippen LogP) is 1.41. The molecule has 0 aliphatic rings. The van der Waals surface area contributed by atoms with Crippen LogP contribution in [0.2, 0.25) is 0 Å². The molecule has 0 spiro atoms. The lowest BCUT2D eigenvalue weighted by molar-refractivity contribution is -0.403. The molecule has 11 nitrogen and oxygen atoms in total. The van der Waals surface area contributed by atoms with Crippen molar-refractivity contribution in [3.8, 4) is 5.75 Å². The Balaban J connectivity index is 2.23. The molecule has 2 aromatic carbocycles. The zero-order valence-electron chi connectivity index (χ0n) is 13.9. The third kappa shape index (κ3) is 4.61. The van der Waals surface area contributed by atoms with E-state index >= 15 is 0 Å². The summed E-state index contributed by atoms with van der Waals surface area (Å²) in [7, 11) is 1.32. The maximum atomic E-state index is 12.2. The van der Waals surface area contributed by atoms with Gasteiger partial charge in [0.25, 0.3) is 17.3 Å². The molecule has 0 fully saturated rings. The molecule has 2 rings (SSSR count). The highest BCUT2D eigenvalue weighted by molar-refractivity contribution is 5.88. The van der Waals surface area contributed by atoms with Crippen LogP contribution in [-0.4, -0.2) is 29.1 Å². The minimum Gasteiger partial charge on any atom is -0.867 e. The number of nitrogens with one attached hydrogen (secondary N) is 1. The van der Waals surface area contributed by atoms with E-state index in [2.05, 4.69) is 10.5 Å². The van der Waals surface area contributed by atoms with Gasteiger partial charge in [0, 0.05) is 18.7 Å². The molecule has 0 heterocycles. The summed E-state index contributed by atoms with van der Waals surface area (Å²) in [6.07, 6.45) is -0.174. The number of methoxy groups -OCH3 is 1. The van der Waals surface area contributed by atoms with Crippen LogP contribution >= 0.6 is 0 Å². The lowest BCUT2D eigenvalue weighted by Gasteiger charge is -2.14. The molecule has 27 heavy (non-hydrogen) atoms. The zero-order chi connectivity index (χ0) is 20.0. The van der Waals surface area contributed by atoms with Crippen molar-refractivity contribution in [2.45, 2.75) is 6.10 Å². The van der Waals surface area contributed by atoms with E-state index < -0.39 is 44.5 Å². The fraction of sp³-hybridized carbons (Fsp3) is 0.125. The average molecular weight is 373 g/mol. The molecule has 1 N–H and O–H groups in total. The van der Waals surface area contributed by atoms with Gasteiger partial charge in [-0.2, -0.15) is 5.10 Å². The molecule has 140 valence electrons. The number of nitro benzene ring substituents is 2. The van der Waals surface area contributed by atoms with Crippen LogP contribution in [0, 0.1) is 20.2 Å². The normalized spacial score (nSPS) is 11.9. The van der Waals surface area contributed by atoms with E-state index in [-0.39, 0.29) is 0 Å². The molecule has 0 aliphatic carbocycles. The second kappa shape index (κ2) is 8.49. The summed E-state index contributed by atoms with van der Waals surface area (Å²) < 4.78 is 5.10. The number of carbonyl (C=O) groups is 1. The van der Waals surface area contributed by atoms with E-state index in [0.717, 1.165) is 12.3 Å². The second-order valence-electron chi connectivity index (χ2n) is 5.16. The number of non-ortho nitro benzene ring substituents is 1. The van der Waals surface area contributed by atoms with E-state index in [0.29, 0.717) is 11.6 Å². The van der Waals surface area contributed by atoms with Crippen molar-refractivity contribution in [1.82, 2.24) is 5.43 Å². The van der Waals surface area contributed by atoms with Crippen molar-refractivity contribution in [1.29, 1.82) is 0 Å². The number of nitro groups is 2. The van der Waals surface area contributed by atoms with Crippen LogP contribution in [0.15, 0.2) is 47.6 Å². The van der Waals surface area contributed by atoms with E-state index in [1.54, 1.807) is 30.3 Å². The smallest absolute Gasteiger partial charge is 0.276 e. The van der Waals surface area contributed by atoms with E-state index in [1.807, 2.05) is 0 Å². The van der Waals surface area contributed by atoms with Crippen molar-refractivity contribution < 1.29 is 24.5 Å². The highest BCUT2D eigenvalue weighted by Crippen LogP contribution is 2.31. The monoisotopic (exact) mass is 373 g/mol. The second-order valence-corrected chi connectivity index (χ2v) is 5.16. The number of benzene rings is 2. The average Bonchev–Trinajstić information content (AvgIpc) is 2.64. The molecule has 0 aromatic heterocycles. The molecule has 11 heteroatoms. The first kappa shape index (κ1) is 19.5. The minimum atomic E-state index is -1.06. The standard InChI is InChI=1S/C16H14N4O7/c1-27-15(10-5-3-2-4-6-10)16(22)18-17-9-11-7-12(19(23)24)8-13(14(11)21)20(25)26/h2-9,15,21H,1H3,(H,18,22)/p-1/b17-9-/t15-/m0/s1. The topological polar surface area (TPSA) is 160 Å². The molecule has 2 aromatic rings. The molecule has 0 saturated heterocycles. The number of rotatable bonds is 7. The van der Waals surface area contributed by atoms with E-state index in [4.69, 9.17) is 4.74 Å². The van der Waals surface area contributed by atoms with Crippen LogP contribution in [0.3, 0.4) is 0 Å². The molecule has 0 unspecified atom stereocenters. The first-order chi connectivity index (χ1) is 12.8. The van der Waals surface area contributed by atoms with Gasteiger partial charge < -0.3 is 9.84 Å². The van der Waals surface area contributed by atoms with Crippen LogP contribution in [-0.2, 0) is 9.53 Å². The van der Waals surface area contributed by atoms with Gasteiger partial charge in [-0.1, -0.05) is 30.3 Å². The van der Waals surface area contributed by atoms with Crippen molar-refractivity contribution in [2.24, 2.45) is 5.10 Å². The van der Waals surface area contributed by atoms with Crippen LogP contribution in [0.25, 0.3) is 0 Å². The van der Waals surface area contributed by atoms with Gasteiger partial charge >= 0.3 is 0 Å². The highest BCUT2D eigenvalue weighted by atomic mass is 16.6. The summed E-state index contributed by atoms with van der Waals surface area (Å²) in [5, 5.41) is 37.3. The van der Waals surface area contributed by atoms with Crippen molar-refractivity contribution in [2.75, 3.05) is 7.11 Å². The lowest BCUT2D eigenvalue weighted by Crippen LogP contribution is -2.26. The third-order valence-electron chi connectivity index (χ3n) is 3.44. The highest BCUT2D eigenvalue weighted by Gasteiger charge is 2.20. The first-order valence-electron chi connectivity index (χ1n) is 7.39. The number of carbonyl (C=O) groups excluding carboxylic acids is 1. The SMILES string of the molecule is CO[C@H](C(=O)N/N=C\c1cc([N+](=O)[O-])cc([N+](=O)[O-])c1[O-])c1ccccc1. The number of hydrazone groups is 1. The van der Waals surface area contributed by atoms with Crippen molar-refractivity contribution >= 4 is 23.5 Å². The van der Waals surface area contributed by atoms with Crippen molar-refractivity contribution in [3.63, 3.8) is 0 Å². The van der Waals surface area contributed by atoms with E-state index in [9.17, 15) is 30.1 Å². The molecule has 0 aliphatic heterocycles. The number of hydrogen-bond donors (Lipinski definition) is 1. The number of hydrogen-bond acceptors (Lipinski definition) is 8. The maximum Gasteiger partial charge on any atom is 0.276 e. The van der Waals surface area contributed by atoms with Gasteiger partial charge in [0.2, 0.25) is 0 Å². The van der Waals surface area contributed by atoms with Gasteiger partial charge in [0.05, 0.1) is 22.1 Å². The van der Waals surface area contributed by atoms with Gasteiger partial charge in [-0.15, -0.1) is 0 Å². The molecule has 0 bridgehead atoms. The fourth-order valence-corrected chi connectivity index (χ4v) is 2.20. The molecular weight excluding hydrogens is 360 g/mol. The van der Waals surface area contributed by atoms with Crippen LogP contribution in [0.5, 0.6) is 5.75 Å². The Morgan fingerprint density at radius 3 is 2.41 bits per heavy atom. The summed E-state index contributed by atoms with van der Waals surface area (Å²) >= 11 is 0. The first-order valence-corrected chi connectivity index (χ1v) is 7.39. The number of nitrogens with zero attached hydrogens (tertiary/aromatic N) is 3. The fourth-order valence-electron chi connectivity index (χ4n) is 2.20. The van der Waals surface area contributed by atoms with Gasteiger partial charge in [-0.3, -0.25) is 25.0 Å². The number of ether oxygens (including phenoxy) is 1. The Bertz CT molecular complexity index is 899. The Labute approximate surface area is 152 Å². The summed E-state index contributed by atoms with van der Waals surface area (Å²) in [4.78, 5) is 32.0. The largest absolute Gasteiger partial charge is 0.867 e. The third-order valence-corrected chi connectivity index (χ3v) is 3.44. The number of amides is 1. The van der Waals surface area contributed by atoms with E-state index in [1.165, 1.54) is 7.11 Å². The molecular formula is C16H13N4O7-. The summed E-state index contributed by atoms with van der Waals surface area (Å²) in [6, 6.07) is 9.91. The molecule has 0 saturated carbocycles. The maximum absolute atomic E-state index is 12.2. The zero-order valence-corrected chi connectivity index (χ0v) is 13.9. The quantitative estimate of drug-likeness (QED) is 0.436. The molecule has 0 radical (unpaired) electrons. The van der Waals surface area contributed by atoms with Crippen LogP contribution in [0.4, 0.5) is 11.4 Å². The molecule has 1 amide bonds. The minimum absolute atomic E-state index is 0.412. The van der Waals surface area contributed by atoms with Crippen LogP contribution in [0.1, 0.15) is 17.2 Å². The Morgan fingerprint density at radius 1 is 1.19 bits per heavy atom. The van der Waals surface area contributed by atoms with Crippen LogP contribution < -0.4 is 10.5 Å². The Kier molecular flexibility index (Phi) is 6.12. The van der Waals surface area contributed by atoms with Gasteiger partial charge in [-0.05, 0) is 11.3 Å². The lowest BCUT2D eigenvalue weighted by atomic mass is 10.1. The Morgan fingerprint density at radius 2 is 1.85 bits per heavy atom. The van der Waals surface area contributed by atoms with Gasteiger partial charge in [0.1, 0.15) is 0 Å². The van der Waals surface area contributed by atoms with Gasteiger partial charge in [-0.25, -0.2) is 5.43 Å². The summed E-state index contributed by atoms with van der Waals surface area (Å²) in [5.74, 6) is -1.72. The van der Waals surface area contributed by atoms with Gasteiger partial charge in [0.15, 0.2) is 6.10 Å². The Hall–Kier alpha value is -3.86. The summed E-state index contributed by atoms with van der Waals surface area (Å²) in [6.45, 7) is 0. The van der Waals surface area contributed by atoms with Crippen molar-refractivity contribution in [3.05, 3.63) is 73.8 Å².